The molecule has 0 spiro atoms. The summed E-state index contributed by atoms with van der Waals surface area (Å²) in [4.78, 5) is 0. The number of furan rings is 2. The van der Waals surface area contributed by atoms with Crippen molar-refractivity contribution in [3.8, 4) is 0 Å². The molecule has 0 amide bonds. The molecule has 1 aromatic carbocycles. The Morgan fingerprint density at radius 1 is 1.21 bits per heavy atom. The molecule has 1 unspecified atom stereocenters. The fourth-order valence-corrected chi connectivity index (χ4v) is 2.32. The Bertz CT molecular complexity index is 714. The molecule has 3 rings (SSSR count). The quantitative estimate of drug-likeness (QED) is 0.777. The Kier molecular flexibility index (Phi) is 2.87. The highest BCUT2D eigenvalue weighted by molar-refractivity contribution is 5.78. The molecule has 0 saturated heterocycles. The third-order valence-electron chi connectivity index (χ3n) is 3.28. The van der Waals surface area contributed by atoms with Gasteiger partial charge in [-0.05, 0) is 44.3 Å². The van der Waals surface area contributed by atoms with Gasteiger partial charge in [-0.25, -0.2) is 4.39 Å². The van der Waals surface area contributed by atoms with E-state index in [1.807, 2.05) is 26.1 Å². The van der Waals surface area contributed by atoms with Gasteiger partial charge in [-0.3, -0.25) is 0 Å². The largest absolute Gasteiger partial charge is 0.469 e. The second-order valence-electron chi connectivity index (χ2n) is 4.48. The molecule has 98 valence electrons. The monoisotopic (exact) mass is 259 g/mol. The normalized spacial score (nSPS) is 13.0. The molecule has 0 aliphatic heterocycles. The number of rotatable bonds is 3. The van der Waals surface area contributed by atoms with Gasteiger partial charge in [-0.15, -0.1) is 0 Å². The molecule has 0 radical (unpaired) electrons. The Hall–Kier alpha value is -2.07. The highest BCUT2D eigenvalue weighted by atomic mass is 19.1. The van der Waals surface area contributed by atoms with Crippen LogP contribution in [0.15, 0.2) is 45.4 Å². The lowest BCUT2D eigenvalue weighted by Gasteiger charge is -2.12. The minimum Gasteiger partial charge on any atom is -0.469 e. The van der Waals surface area contributed by atoms with Crippen LogP contribution in [0, 0.1) is 12.7 Å². The van der Waals surface area contributed by atoms with Gasteiger partial charge in [-0.2, -0.15) is 0 Å². The highest BCUT2D eigenvalue weighted by Crippen LogP contribution is 2.30. The molecule has 1 atom stereocenters. The number of aryl methyl sites for hydroxylation is 1. The van der Waals surface area contributed by atoms with Crippen molar-refractivity contribution in [1.29, 1.82) is 0 Å². The van der Waals surface area contributed by atoms with Crippen LogP contribution < -0.4 is 5.32 Å². The van der Waals surface area contributed by atoms with Crippen LogP contribution in [0.1, 0.15) is 23.1 Å². The van der Waals surface area contributed by atoms with Gasteiger partial charge < -0.3 is 14.2 Å². The van der Waals surface area contributed by atoms with E-state index < -0.39 is 0 Å². The zero-order chi connectivity index (χ0) is 13.4. The summed E-state index contributed by atoms with van der Waals surface area (Å²) in [7, 11) is 1.85. The first-order valence-electron chi connectivity index (χ1n) is 6.09. The summed E-state index contributed by atoms with van der Waals surface area (Å²) in [5, 5.41) is 3.95. The average molecular weight is 259 g/mol. The average Bonchev–Trinajstić information content (AvgIpc) is 2.97. The number of nitrogens with one attached hydrogen (secondary N) is 1. The van der Waals surface area contributed by atoms with Gasteiger partial charge in [-0.1, -0.05) is 0 Å². The lowest BCUT2D eigenvalue weighted by Crippen LogP contribution is -2.17. The van der Waals surface area contributed by atoms with Gasteiger partial charge in [0.25, 0.3) is 0 Å². The smallest absolute Gasteiger partial charge is 0.134 e. The van der Waals surface area contributed by atoms with Crippen LogP contribution in [0.5, 0.6) is 0 Å². The second kappa shape index (κ2) is 4.55. The predicted molar refractivity (Wildman–Crippen MR) is 70.5 cm³/mol. The number of fused-ring (bicyclic) bond motifs is 1. The zero-order valence-electron chi connectivity index (χ0n) is 10.7. The fourth-order valence-electron chi connectivity index (χ4n) is 2.32. The minimum atomic E-state index is -0.264. The molecule has 4 heteroatoms. The van der Waals surface area contributed by atoms with E-state index in [1.165, 1.54) is 12.1 Å². The summed E-state index contributed by atoms with van der Waals surface area (Å²) in [5.41, 5.74) is 1.69. The van der Waals surface area contributed by atoms with E-state index in [1.54, 1.807) is 12.3 Å². The summed E-state index contributed by atoms with van der Waals surface area (Å²) in [6.07, 6.45) is 1.65. The van der Waals surface area contributed by atoms with E-state index >= 15 is 0 Å². The number of hydrogen-bond donors (Lipinski definition) is 1. The van der Waals surface area contributed by atoms with Crippen molar-refractivity contribution in [1.82, 2.24) is 5.32 Å². The van der Waals surface area contributed by atoms with Crippen molar-refractivity contribution in [2.45, 2.75) is 13.0 Å². The van der Waals surface area contributed by atoms with Crippen LogP contribution in [0.4, 0.5) is 4.39 Å². The number of benzene rings is 1. The molecular formula is C15H14FNO2. The first kappa shape index (κ1) is 12.0. The van der Waals surface area contributed by atoms with E-state index in [0.29, 0.717) is 5.58 Å². The Labute approximate surface area is 110 Å². The maximum atomic E-state index is 13.2. The van der Waals surface area contributed by atoms with Crippen LogP contribution in [0.2, 0.25) is 0 Å². The molecule has 2 heterocycles. The van der Waals surface area contributed by atoms with Crippen molar-refractivity contribution in [2.75, 3.05) is 7.05 Å². The predicted octanol–water partition coefficient (Wildman–Crippen LogP) is 3.78. The minimum absolute atomic E-state index is 0.103. The molecule has 2 aromatic heterocycles. The van der Waals surface area contributed by atoms with Crippen LogP contribution in [0.3, 0.4) is 0 Å². The molecular weight excluding hydrogens is 245 g/mol. The molecule has 0 aliphatic carbocycles. The van der Waals surface area contributed by atoms with Crippen molar-refractivity contribution >= 4 is 11.0 Å². The summed E-state index contributed by atoms with van der Waals surface area (Å²) in [6, 6.07) is 8.17. The molecule has 0 fully saturated rings. The van der Waals surface area contributed by atoms with Gasteiger partial charge >= 0.3 is 0 Å². The summed E-state index contributed by atoms with van der Waals surface area (Å²) in [6.45, 7) is 1.90. The summed E-state index contributed by atoms with van der Waals surface area (Å²) < 4.78 is 24.3. The molecule has 3 nitrogen and oxygen atoms in total. The van der Waals surface area contributed by atoms with Gasteiger partial charge in [0, 0.05) is 10.9 Å². The third kappa shape index (κ3) is 2.04. The molecule has 0 aliphatic rings. The third-order valence-corrected chi connectivity index (χ3v) is 3.28. The van der Waals surface area contributed by atoms with E-state index in [4.69, 9.17) is 8.83 Å². The van der Waals surface area contributed by atoms with Crippen LogP contribution in [0.25, 0.3) is 11.0 Å². The molecule has 0 bridgehead atoms. The van der Waals surface area contributed by atoms with E-state index in [-0.39, 0.29) is 11.9 Å². The molecule has 1 N–H and O–H groups in total. The van der Waals surface area contributed by atoms with E-state index in [9.17, 15) is 4.39 Å². The van der Waals surface area contributed by atoms with Gasteiger partial charge in [0.05, 0.1) is 12.3 Å². The lowest BCUT2D eigenvalue weighted by atomic mass is 10.1. The van der Waals surface area contributed by atoms with Crippen molar-refractivity contribution < 1.29 is 13.2 Å². The Morgan fingerprint density at radius 3 is 2.74 bits per heavy atom. The zero-order valence-corrected chi connectivity index (χ0v) is 10.7. The molecule has 19 heavy (non-hydrogen) atoms. The van der Waals surface area contributed by atoms with Crippen LogP contribution in [-0.2, 0) is 0 Å². The number of hydrogen-bond acceptors (Lipinski definition) is 3. The maximum Gasteiger partial charge on any atom is 0.134 e. The second-order valence-corrected chi connectivity index (χ2v) is 4.48. The molecule has 3 aromatic rings. The maximum absolute atomic E-state index is 13.2. The summed E-state index contributed by atoms with van der Waals surface area (Å²) >= 11 is 0. The number of halogens is 1. The van der Waals surface area contributed by atoms with Crippen molar-refractivity contribution in [3.05, 3.63) is 59.5 Å². The first-order chi connectivity index (χ1) is 9.19. The standard InChI is InChI=1S/C15H14FNO2/c1-9-12(5-6-18-9)15(17-2)14-8-10-7-11(16)3-4-13(10)19-14/h3-8,15,17H,1-2H3. The Balaban J connectivity index is 2.09. The summed E-state index contributed by atoms with van der Waals surface area (Å²) in [5.74, 6) is 1.32. The highest BCUT2D eigenvalue weighted by Gasteiger charge is 2.20. The van der Waals surface area contributed by atoms with E-state index in [2.05, 4.69) is 5.32 Å². The van der Waals surface area contributed by atoms with Crippen LogP contribution >= 0.6 is 0 Å². The van der Waals surface area contributed by atoms with Crippen LogP contribution in [-0.4, -0.2) is 7.05 Å². The first-order valence-corrected chi connectivity index (χ1v) is 6.09. The molecule has 0 saturated carbocycles. The fraction of sp³-hybridized carbons (Fsp3) is 0.200. The Morgan fingerprint density at radius 2 is 2.05 bits per heavy atom. The van der Waals surface area contributed by atoms with E-state index in [0.717, 1.165) is 22.5 Å². The van der Waals surface area contributed by atoms with Crippen molar-refractivity contribution in [3.63, 3.8) is 0 Å². The van der Waals surface area contributed by atoms with Gasteiger partial charge in [0.1, 0.15) is 22.9 Å². The lowest BCUT2D eigenvalue weighted by molar-refractivity contribution is 0.477. The van der Waals surface area contributed by atoms with Gasteiger partial charge in [0.2, 0.25) is 0 Å². The SMILES string of the molecule is CNC(c1cc2cc(F)ccc2o1)c1ccoc1C. The topological polar surface area (TPSA) is 38.3 Å². The van der Waals surface area contributed by atoms with Gasteiger partial charge in [0.15, 0.2) is 0 Å². The van der Waals surface area contributed by atoms with Crippen molar-refractivity contribution in [2.24, 2.45) is 0 Å².